The number of H-pyrrole nitrogens is 1. The number of nitrogens with one attached hydrogen (secondary N) is 2. The van der Waals surface area contributed by atoms with Crippen molar-refractivity contribution in [2.24, 2.45) is 0 Å². The predicted molar refractivity (Wildman–Crippen MR) is 76.3 cm³/mol. The van der Waals surface area contributed by atoms with E-state index in [1.807, 2.05) is 0 Å². The molecule has 0 spiro atoms. The third-order valence-electron chi connectivity index (χ3n) is 2.83. The summed E-state index contributed by atoms with van der Waals surface area (Å²) in [5.41, 5.74) is 0.613. The van der Waals surface area contributed by atoms with Crippen molar-refractivity contribution in [1.82, 2.24) is 14.8 Å². The maximum absolute atomic E-state index is 13.1. The van der Waals surface area contributed by atoms with E-state index in [1.54, 1.807) is 12.3 Å². The van der Waals surface area contributed by atoms with Gasteiger partial charge in [0, 0.05) is 17.1 Å². The molecule has 0 aliphatic rings. The lowest BCUT2D eigenvalue weighted by molar-refractivity contribution is -0.212. The van der Waals surface area contributed by atoms with Crippen LogP contribution in [0.3, 0.4) is 0 Å². The molecule has 3 rings (SSSR count). The SMILES string of the molecule is Fc1ccc2c(SNc3cnn(C(F)(F)F)c3Cl)c[nH]c2c1. The first kappa shape index (κ1) is 15.0. The third-order valence-corrected chi connectivity index (χ3v) is 4.07. The number of aromatic nitrogens is 3. The van der Waals surface area contributed by atoms with E-state index in [0.29, 0.717) is 10.4 Å². The summed E-state index contributed by atoms with van der Waals surface area (Å²) >= 11 is 6.68. The summed E-state index contributed by atoms with van der Waals surface area (Å²) in [6.07, 6.45) is -2.08. The van der Waals surface area contributed by atoms with Crippen molar-refractivity contribution in [1.29, 1.82) is 0 Å². The summed E-state index contributed by atoms with van der Waals surface area (Å²) in [5.74, 6) is -0.381. The lowest BCUT2D eigenvalue weighted by atomic mass is 10.2. The summed E-state index contributed by atoms with van der Waals surface area (Å²) in [7, 11) is 0. The highest BCUT2D eigenvalue weighted by molar-refractivity contribution is 8.00. The molecule has 2 aromatic heterocycles. The molecule has 3 aromatic rings. The molecule has 0 unspecified atom stereocenters. The number of nitrogens with zero attached hydrogens (tertiary/aromatic N) is 2. The molecule has 22 heavy (non-hydrogen) atoms. The van der Waals surface area contributed by atoms with Crippen molar-refractivity contribution in [2.75, 3.05) is 4.72 Å². The molecule has 0 amide bonds. The first-order valence-electron chi connectivity index (χ1n) is 5.86. The molecule has 0 atom stereocenters. The van der Waals surface area contributed by atoms with E-state index in [9.17, 15) is 17.6 Å². The molecular formula is C12H7ClF4N4S. The Balaban J connectivity index is 1.81. The minimum absolute atomic E-state index is 0.0282. The number of fused-ring (bicyclic) bond motifs is 1. The zero-order chi connectivity index (χ0) is 15.9. The van der Waals surface area contributed by atoms with Gasteiger partial charge in [0.2, 0.25) is 0 Å². The van der Waals surface area contributed by atoms with Crippen molar-refractivity contribution in [3.05, 3.63) is 41.6 Å². The molecule has 1 aromatic carbocycles. The number of hydrogen-bond acceptors (Lipinski definition) is 3. The Morgan fingerprint density at radius 1 is 1.32 bits per heavy atom. The number of benzene rings is 1. The fourth-order valence-corrected chi connectivity index (χ4v) is 2.91. The van der Waals surface area contributed by atoms with Crippen LogP contribution in [-0.2, 0) is 6.30 Å². The Bertz CT molecular complexity index is 826. The number of halogens is 5. The molecule has 4 nitrogen and oxygen atoms in total. The van der Waals surface area contributed by atoms with Crippen LogP contribution in [0.4, 0.5) is 23.2 Å². The van der Waals surface area contributed by atoms with Crippen LogP contribution in [0.15, 0.2) is 35.5 Å². The van der Waals surface area contributed by atoms with E-state index in [0.717, 1.165) is 23.5 Å². The molecule has 0 aliphatic heterocycles. The van der Waals surface area contributed by atoms with Crippen molar-refractivity contribution < 1.29 is 17.6 Å². The quantitative estimate of drug-likeness (QED) is 0.529. The van der Waals surface area contributed by atoms with Crippen LogP contribution in [0.1, 0.15) is 0 Å². The molecule has 0 fully saturated rings. The summed E-state index contributed by atoms with van der Waals surface area (Å²) in [4.78, 5) is 3.56. The summed E-state index contributed by atoms with van der Waals surface area (Å²) < 4.78 is 53.2. The van der Waals surface area contributed by atoms with Crippen molar-refractivity contribution in [3.63, 3.8) is 0 Å². The molecule has 0 aliphatic carbocycles. The van der Waals surface area contributed by atoms with Gasteiger partial charge in [-0.15, -0.1) is 13.2 Å². The van der Waals surface area contributed by atoms with Gasteiger partial charge < -0.3 is 9.71 Å². The number of rotatable bonds is 3. The van der Waals surface area contributed by atoms with Crippen molar-refractivity contribution in [3.8, 4) is 0 Å². The number of alkyl halides is 3. The Labute approximate surface area is 130 Å². The normalized spacial score (nSPS) is 12.0. The Kier molecular flexibility index (Phi) is 3.69. The predicted octanol–water partition coefficient (Wildman–Crippen LogP) is 4.75. The van der Waals surface area contributed by atoms with E-state index in [-0.39, 0.29) is 16.2 Å². The van der Waals surface area contributed by atoms with E-state index in [4.69, 9.17) is 11.6 Å². The second-order valence-electron chi connectivity index (χ2n) is 4.28. The van der Waals surface area contributed by atoms with Gasteiger partial charge in [-0.3, -0.25) is 0 Å². The van der Waals surface area contributed by atoms with Gasteiger partial charge in [-0.1, -0.05) is 11.6 Å². The van der Waals surface area contributed by atoms with Crippen molar-refractivity contribution in [2.45, 2.75) is 11.2 Å². The average molecular weight is 351 g/mol. The number of anilines is 1. The monoisotopic (exact) mass is 350 g/mol. The van der Waals surface area contributed by atoms with Gasteiger partial charge in [0.1, 0.15) is 11.5 Å². The second-order valence-corrected chi connectivity index (χ2v) is 5.48. The minimum Gasteiger partial charge on any atom is -0.360 e. The first-order chi connectivity index (χ1) is 10.4. The fraction of sp³-hybridized carbons (Fsp3) is 0.0833. The number of aromatic amines is 1. The van der Waals surface area contributed by atoms with Crippen LogP contribution in [0, 0.1) is 5.82 Å². The molecule has 116 valence electrons. The number of hydrogen-bond donors (Lipinski definition) is 2. The van der Waals surface area contributed by atoms with Crippen LogP contribution in [0.25, 0.3) is 10.9 Å². The maximum atomic E-state index is 13.1. The highest BCUT2D eigenvalue weighted by Crippen LogP contribution is 2.34. The minimum atomic E-state index is -4.68. The zero-order valence-electron chi connectivity index (χ0n) is 10.6. The summed E-state index contributed by atoms with van der Waals surface area (Å²) in [6.45, 7) is 0. The first-order valence-corrected chi connectivity index (χ1v) is 7.06. The topological polar surface area (TPSA) is 45.6 Å². The lowest BCUT2D eigenvalue weighted by Gasteiger charge is -2.07. The van der Waals surface area contributed by atoms with Gasteiger partial charge in [0.25, 0.3) is 0 Å². The van der Waals surface area contributed by atoms with Gasteiger partial charge in [-0.2, -0.15) is 9.78 Å². The smallest absolute Gasteiger partial charge is 0.360 e. The summed E-state index contributed by atoms with van der Waals surface area (Å²) in [6, 6.07) is 4.20. The average Bonchev–Trinajstić information content (AvgIpc) is 2.99. The van der Waals surface area contributed by atoms with Gasteiger partial charge in [0.05, 0.1) is 11.1 Å². The molecule has 2 heterocycles. The van der Waals surface area contributed by atoms with Crippen LogP contribution in [0.5, 0.6) is 0 Å². The molecule has 0 bridgehead atoms. The van der Waals surface area contributed by atoms with E-state index < -0.39 is 11.5 Å². The van der Waals surface area contributed by atoms with Crippen molar-refractivity contribution >= 4 is 40.1 Å². The molecule has 0 saturated heterocycles. The molecule has 0 radical (unpaired) electrons. The van der Waals surface area contributed by atoms with Crippen LogP contribution < -0.4 is 4.72 Å². The zero-order valence-corrected chi connectivity index (χ0v) is 12.2. The van der Waals surface area contributed by atoms with Gasteiger partial charge in [-0.05, 0) is 30.1 Å². The van der Waals surface area contributed by atoms with E-state index >= 15 is 0 Å². The highest BCUT2D eigenvalue weighted by atomic mass is 35.5. The van der Waals surface area contributed by atoms with Gasteiger partial charge in [-0.25, -0.2) is 4.39 Å². The Morgan fingerprint density at radius 3 is 2.77 bits per heavy atom. The van der Waals surface area contributed by atoms with Gasteiger partial charge in [0.15, 0.2) is 5.15 Å². The van der Waals surface area contributed by atoms with E-state index in [1.165, 1.54) is 12.1 Å². The second kappa shape index (κ2) is 5.40. The molecular weight excluding hydrogens is 344 g/mol. The van der Waals surface area contributed by atoms with Crippen LogP contribution in [-0.4, -0.2) is 14.8 Å². The van der Waals surface area contributed by atoms with E-state index in [2.05, 4.69) is 14.8 Å². The highest BCUT2D eigenvalue weighted by Gasteiger charge is 2.35. The lowest BCUT2D eigenvalue weighted by Crippen LogP contribution is -2.18. The Morgan fingerprint density at radius 2 is 2.09 bits per heavy atom. The standard InChI is InChI=1S/C12H7ClF4N4S/c13-11-9(4-19-21(11)12(15,16)17)20-22-10-5-18-8-3-6(14)1-2-7(8)10/h1-5,18,20H. The maximum Gasteiger partial charge on any atom is 0.505 e. The molecule has 10 heteroatoms. The molecule has 0 saturated carbocycles. The largest absolute Gasteiger partial charge is 0.505 e. The fourth-order valence-electron chi connectivity index (χ4n) is 1.84. The Hall–Kier alpha value is -1.87. The van der Waals surface area contributed by atoms with Crippen LogP contribution in [0.2, 0.25) is 5.15 Å². The summed E-state index contributed by atoms with van der Waals surface area (Å²) in [5, 5.41) is 3.36. The molecule has 2 N–H and O–H groups in total. The third kappa shape index (κ3) is 2.73. The van der Waals surface area contributed by atoms with Crippen LogP contribution >= 0.6 is 23.5 Å². The van der Waals surface area contributed by atoms with Gasteiger partial charge >= 0.3 is 6.30 Å².